The molecule has 1 aromatic heterocycles. The molecule has 0 amide bonds. The normalized spacial score (nSPS) is 11.1. The molecule has 0 fully saturated rings. The van der Waals surface area contributed by atoms with Crippen molar-refractivity contribution >= 4 is 28.9 Å². The van der Waals surface area contributed by atoms with Crippen LogP contribution in [0.25, 0.3) is 17.2 Å². The monoisotopic (exact) mass is 218 g/mol. The van der Waals surface area contributed by atoms with Crippen LogP contribution in [0, 0.1) is 0 Å². The fraction of sp³-hybridized carbons (Fsp3) is 0.100. The average molecular weight is 218 g/mol. The number of rotatable bonds is 2. The van der Waals surface area contributed by atoms with Crippen LogP contribution in [0.1, 0.15) is 0 Å². The smallest absolute Gasteiger partial charge is 0.332 e. The van der Waals surface area contributed by atoms with Gasteiger partial charge in [-0.1, -0.05) is 5.21 Å². The van der Waals surface area contributed by atoms with Crippen molar-refractivity contribution in [2.75, 3.05) is 12.8 Å². The molecule has 0 spiro atoms. The van der Waals surface area contributed by atoms with E-state index in [0.29, 0.717) is 11.2 Å². The van der Waals surface area contributed by atoms with E-state index in [9.17, 15) is 4.79 Å². The number of nitrogens with two attached hydrogens (primary N) is 1. The molecule has 0 aliphatic heterocycles. The molecule has 6 nitrogen and oxygen atoms in total. The third kappa shape index (κ3) is 1.85. The number of aromatic nitrogens is 3. The van der Waals surface area contributed by atoms with E-state index in [1.165, 1.54) is 24.1 Å². The van der Waals surface area contributed by atoms with Crippen LogP contribution in [-0.2, 0) is 9.53 Å². The Hall–Kier alpha value is -2.37. The van der Waals surface area contributed by atoms with E-state index in [1.54, 1.807) is 18.2 Å². The predicted octanol–water partition coefficient (Wildman–Crippen LogP) is 0.657. The zero-order chi connectivity index (χ0) is 11.5. The van der Waals surface area contributed by atoms with Crippen LogP contribution in [0.5, 0.6) is 0 Å². The van der Waals surface area contributed by atoms with Crippen LogP contribution in [-0.4, -0.2) is 28.1 Å². The number of nitrogen functional groups attached to an aromatic ring is 1. The zero-order valence-electron chi connectivity index (χ0n) is 8.62. The van der Waals surface area contributed by atoms with Crippen molar-refractivity contribution in [3.63, 3.8) is 0 Å². The number of methoxy groups -OCH3 is 1. The Kier molecular flexibility index (Phi) is 2.55. The number of carbonyl (C=O) groups excluding carboxylic acids is 1. The van der Waals surface area contributed by atoms with Crippen molar-refractivity contribution in [2.24, 2.45) is 0 Å². The highest BCUT2D eigenvalue weighted by Crippen LogP contribution is 2.14. The van der Waals surface area contributed by atoms with E-state index < -0.39 is 5.97 Å². The number of fused-ring (bicyclic) bond motifs is 1. The van der Waals surface area contributed by atoms with Gasteiger partial charge in [0, 0.05) is 18.0 Å². The lowest BCUT2D eigenvalue weighted by atomic mass is 10.3. The Morgan fingerprint density at radius 3 is 3.12 bits per heavy atom. The van der Waals surface area contributed by atoms with Crippen LogP contribution in [0.4, 0.5) is 5.69 Å². The second-order valence-corrected chi connectivity index (χ2v) is 3.12. The Morgan fingerprint density at radius 1 is 1.56 bits per heavy atom. The SMILES string of the molecule is COC(=O)/C=C/n1nnc2cc(N)ccc21. The van der Waals surface area contributed by atoms with Crippen molar-refractivity contribution in [2.45, 2.75) is 0 Å². The van der Waals surface area contributed by atoms with E-state index in [-0.39, 0.29) is 0 Å². The fourth-order valence-electron chi connectivity index (χ4n) is 1.27. The summed E-state index contributed by atoms with van der Waals surface area (Å²) < 4.78 is 5.95. The summed E-state index contributed by atoms with van der Waals surface area (Å²) in [4.78, 5) is 10.9. The van der Waals surface area contributed by atoms with Gasteiger partial charge in [-0.05, 0) is 18.2 Å². The fourth-order valence-corrected chi connectivity index (χ4v) is 1.27. The van der Waals surface area contributed by atoms with Crippen molar-refractivity contribution in [3.8, 4) is 0 Å². The first-order chi connectivity index (χ1) is 7.70. The van der Waals surface area contributed by atoms with Gasteiger partial charge in [0.25, 0.3) is 0 Å². The molecule has 0 atom stereocenters. The number of nitrogens with zero attached hydrogens (tertiary/aromatic N) is 3. The molecule has 0 aliphatic carbocycles. The standard InChI is InChI=1S/C10H10N4O2/c1-16-10(15)4-5-14-9-3-2-7(11)6-8(9)12-13-14/h2-6H,11H2,1H3/b5-4+. The van der Waals surface area contributed by atoms with Gasteiger partial charge in [0.1, 0.15) is 5.52 Å². The Balaban J connectivity index is 2.39. The molecule has 0 unspecified atom stereocenters. The van der Waals surface area contributed by atoms with E-state index in [2.05, 4.69) is 15.0 Å². The first-order valence-electron chi connectivity index (χ1n) is 4.57. The van der Waals surface area contributed by atoms with Crippen LogP contribution >= 0.6 is 0 Å². The maximum Gasteiger partial charge on any atom is 0.332 e. The maximum atomic E-state index is 10.9. The number of benzene rings is 1. The van der Waals surface area contributed by atoms with Crippen molar-refractivity contribution in [3.05, 3.63) is 24.3 Å². The van der Waals surface area contributed by atoms with Gasteiger partial charge in [-0.15, -0.1) is 5.10 Å². The third-order valence-corrected chi connectivity index (χ3v) is 2.05. The molecule has 1 heterocycles. The number of esters is 1. The molecule has 82 valence electrons. The molecule has 6 heteroatoms. The minimum Gasteiger partial charge on any atom is -0.466 e. The van der Waals surface area contributed by atoms with Crippen molar-refractivity contribution in [1.29, 1.82) is 0 Å². The Labute approximate surface area is 91.3 Å². The Morgan fingerprint density at radius 2 is 2.38 bits per heavy atom. The highest BCUT2D eigenvalue weighted by Gasteiger charge is 2.02. The molecule has 1 aromatic carbocycles. The molecule has 0 saturated carbocycles. The van der Waals surface area contributed by atoms with Gasteiger partial charge in [-0.3, -0.25) is 0 Å². The molecule has 0 bridgehead atoms. The van der Waals surface area contributed by atoms with Crippen LogP contribution < -0.4 is 5.73 Å². The minimum atomic E-state index is -0.445. The zero-order valence-corrected chi connectivity index (χ0v) is 8.62. The summed E-state index contributed by atoms with van der Waals surface area (Å²) in [5.41, 5.74) is 7.68. The highest BCUT2D eigenvalue weighted by atomic mass is 16.5. The van der Waals surface area contributed by atoms with Gasteiger partial charge < -0.3 is 10.5 Å². The quantitative estimate of drug-likeness (QED) is 0.454. The molecule has 16 heavy (non-hydrogen) atoms. The maximum absolute atomic E-state index is 10.9. The van der Waals surface area contributed by atoms with Gasteiger partial charge in [0.05, 0.1) is 12.6 Å². The van der Waals surface area contributed by atoms with Crippen molar-refractivity contribution in [1.82, 2.24) is 15.0 Å². The molecular weight excluding hydrogens is 208 g/mol. The number of hydrogen-bond donors (Lipinski definition) is 1. The van der Waals surface area contributed by atoms with E-state index in [0.717, 1.165) is 5.52 Å². The molecule has 0 aliphatic rings. The molecular formula is C10H10N4O2. The van der Waals surface area contributed by atoms with Crippen LogP contribution in [0.2, 0.25) is 0 Å². The summed E-state index contributed by atoms with van der Waals surface area (Å²) in [6, 6.07) is 5.24. The summed E-state index contributed by atoms with van der Waals surface area (Å²) in [6.45, 7) is 0. The molecule has 2 aromatic rings. The second-order valence-electron chi connectivity index (χ2n) is 3.12. The summed E-state index contributed by atoms with van der Waals surface area (Å²) in [5.74, 6) is -0.445. The average Bonchev–Trinajstić information content (AvgIpc) is 2.68. The molecule has 2 rings (SSSR count). The first kappa shape index (κ1) is 10.2. The van der Waals surface area contributed by atoms with Crippen LogP contribution in [0.15, 0.2) is 24.3 Å². The van der Waals surface area contributed by atoms with Gasteiger partial charge in [0.2, 0.25) is 0 Å². The van der Waals surface area contributed by atoms with Gasteiger partial charge in [0.15, 0.2) is 0 Å². The number of ether oxygens (including phenoxy) is 1. The van der Waals surface area contributed by atoms with E-state index in [4.69, 9.17) is 5.73 Å². The second kappa shape index (κ2) is 4.01. The van der Waals surface area contributed by atoms with E-state index >= 15 is 0 Å². The van der Waals surface area contributed by atoms with Gasteiger partial charge in [-0.2, -0.15) is 0 Å². The summed E-state index contributed by atoms with van der Waals surface area (Å²) in [6.07, 6.45) is 2.75. The summed E-state index contributed by atoms with van der Waals surface area (Å²) in [7, 11) is 1.31. The molecule has 0 saturated heterocycles. The lowest BCUT2D eigenvalue weighted by molar-refractivity contribution is -0.134. The first-order valence-corrected chi connectivity index (χ1v) is 4.57. The van der Waals surface area contributed by atoms with E-state index in [1.807, 2.05) is 0 Å². The van der Waals surface area contributed by atoms with Gasteiger partial charge in [-0.25, -0.2) is 9.48 Å². The topological polar surface area (TPSA) is 83.0 Å². The summed E-state index contributed by atoms with van der Waals surface area (Å²) in [5, 5.41) is 7.77. The largest absolute Gasteiger partial charge is 0.466 e. The van der Waals surface area contributed by atoms with Crippen LogP contribution in [0.3, 0.4) is 0 Å². The lowest BCUT2D eigenvalue weighted by Gasteiger charge is -1.94. The molecule has 0 radical (unpaired) electrons. The predicted molar refractivity (Wildman–Crippen MR) is 59.3 cm³/mol. The third-order valence-electron chi connectivity index (χ3n) is 2.05. The number of hydrogen-bond acceptors (Lipinski definition) is 5. The number of carbonyl (C=O) groups is 1. The minimum absolute atomic E-state index is 0.445. The van der Waals surface area contributed by atoms with Crippen molar-refractivity contribution < 1.29 is 9.53 Å². The lowest BCUT2D eigenvalue weighted by Crippen LogP contribution is -1.96. The Bertz CT molecular complexity index is 559. The summed E-state index contributed by atoms with van der Waals surface area (Å²) >= 11 is 0. The number of anilines is 1. The van der Waals surface area contributed by atoms with Gasteiger partial charge >= 0.3 is 5.97 Å². The molecule has 2 N–H and O–H groups in total. The highest BCUT2D eigenvalue weighted by molar-refractivity contribution is 5.86.